The van der Waals surface area contributed by atoms with Crippen LogP contribution in [-0.2, 0) is 4.79 Å². The lowest BCUT2D eigenvalue weighted by molar-refractivity contribution is -0.120. The number of carbonyl (C=O) groups is 1. The van der Waals surface area contributed by atoms with Crippen LogP contribution >= 0.6 is 34.5 Å². The van der Waals surface area contributed by atoms with Crippen molar-refractivity contribution >= 4 is 45.6 Å². The number of halogens is 2. The first kappa shape index (κ1) is 11.2. The Labute approximate surface area is 102 Å². The molecular formula is C9H10Cl2N2OS. The lowest BCUT2D eigenvalue weighted by atomic mass is 10.1. The first-order valence-corrected chi connectivity index (χ1v) is 6.04. The van der Waals surface area contributed by atoms with Gasteiger partial charge in [0, 0.05) is 11.1 Å². The summed E-state index contributed by atoms with van der Waals surface area (Å²) in [6, 6.07) is 0. The molecule has 0 aliphatic heterocycles. The Morgan fingerprint density at radius 3 is 2.67 bits per heavy atom. The normalized spacial score (nSPS) is 27.5. The summed E-state index contributed by atoms with van der Waals surface area (Å²) < 4.78 is -0.927. The number of carbonyl (C=O) groups excluding carboxylic acids is 1. The van der Waals surface area contributed by atoms with E-state index in [1.54, 1.807) is 13.1 Å². The van der Waals surface area contributed by atoms with Gasteiger partial charge in [0.25, 0.3) is 0 Å². The Morgan fingerprint density at radius 2 is 2.27 bits per heavy atom. The molecule has 6 heteroatoms. The molecule has 1 saturated carbocycles. The number of nitrogens with one attached hydrogen (secondary N) is 1. The van der Waals surface area contributed by atoms with Crippen molar-refractivity contribution in [1.29, 1.82) is 0 Å². The standard InChI is InChI=1S/C9H10Cl2N2OS/c1-5-3-12-7(15-5)13-6(14)8(2)4-9(8,10)11/h3H,4H2,1-2H3,(H,12,13,14)/t8-/m1/s1. The molecule has 1 atom stereocenters. The second kappa shape index (κ2) is 3.34. The zero-order valence-corrected chi connectivity index (χ0v) is 10.6. The molecule has 0 aromatic carbocycles. The smallest absolute Gasteiger partial charge is 0.235 e. The third kappa shape index (κ3) is 1.86. The Bertz CT molecular complexity index is 418. The molecule has 1 aliphatic rings. The third-order valence-electron chi connectivity index (χ3n) is 2.60. The number of amides is 1. The van der Waals surface area contributed by atoms with Crippen LogP contribution < -0.4 is 5.32 Å². The molecule has 1 amide bonds. The monoisotopic (exact) mass is 264 g/mol. The number of thiazole rings is 1. The average Bonchev–Trinajstić information content (AvgIpc) is 2.47. The second-order valence-electron chi connectivity index (χ2n) is 3.94. The highest BCUT2D eigenvalue weighted by atomic mass is 35.5. The Kier molecular flexibility index (Phi) is 2.48. The van der Waals surface area contributed by atoms with Crippen molar-refractivity contribution in [2.75, 3.05) is 5.32 Å². The molecule has 0 bridgehead atoms. The van der Waals surface area contributed by atoms with Gasteiger partial charge in [-0.3, -0.25) is 4.79 Å². The van der Waals surface area contributed by atoms with Gasteiger partial charge in [0.1, 0.15) is 4.33 Å². The molecule has 0 saturated heterocycles. The zero-order chi connectivity index (χ0) is 11.3. The first-order chi connectivity index (χ1) is 6.85. The van der Waals surface area contributed by atoms with E-state index < -0.39 is 9.75 Å². The molecule has 2 rings (SSSR count). The molecule has 3 nitrogen and oxygen atoms in total. The molecule has 0 unspecified atom stereocenters. The van der Waals surface area contributed by atoms with E-state index in [9.17, 15) is 4.79 Å². The van der Waals surface area contributed by atoms with Crippen LogP contribution in [0, 0.1) is 12.3 Å². The fraction of sp³-hybridized carbons (Fsp3) is 0.556. The van der Waals surface area contributed by atoms with Crippen molar-refractivity contribution in [2.45, 2.75) is 24.6 Å². The Balaban J connectivity index is 2.06. The van der Waals surface area contributed by atoms with Gasteiger partial charge in [-0.1, -0.05) is 0 Å². The number of hydrogen-bond donors (Lipinski definition) is 1. The molecule has 1 heterocycles. The second-order valence-corrected chi connectivity index (χ2v) is 6.66. The number of nitrogens with zero attached hydrogens (tertiary/aromatic N) is 1. The van der Waals surface area contributed by atoms with Crippen LogP contribution in [0.25, 0.3) is 0 Å². The van der Waals surface area contributed by atoms with E-state index in [0.717, 1.165) is 4.88 Å². The summed E-state index contributed by atoms with van der Waals surface area (Å²) in [5.41, 5.74) is -0.685. The highest BCUT2D eigenvalue weighted by molar-refractivity contribution is 7.15. The van der Waals surface area contributed by atoms with Crippen LogP contribution in [0.4, 0.5) is 5.13 Å². The lowest BCUT2D eigenvalue weighted by Crippen LogP contribution is -2.25. The number of aryl methyl sites for hydroxylation is 1. The van der Waals surface area contributed by atoms with Crippen molar-refractivity contribution < 1.29 is 4.79 Å². The number of alkyl halides is 2. The molecule has 15 heavy (non-hydrogen) atoms. The van der Waals surface area contributed by atoms with Crippen molar-refractivity contribution in [3.05, 3.63) is 11.1 Å². The highest BCUT2D eigenvalue weighted by Crippen LogP contribution is 2.64. The number of aromatic nitrogens is 1. The SMILES string of the molecule is Cc1cnc(NC(=O)[C@@]2(C)CC2(Cl)Cl)s1. The van der Waals surface area contributed by atoms with Crippen LogP contribution in [0.1, 0.15) is 18.2 Å². The molecule has 1 aromatic rings. The lowest BCUT2D eigenvalue weighted by Gasteiger charge is -2.10. The maximum Gasteiger partial charge on any atom is 0.235 e. The molecule has 1 aromatic heterocycles. The maximum absolute atomic E-state index is 11.8. The minimum atomic E-state index is -0.927. The van der Waals surface area contributed by atoms with Crippen LogP contribution in [0.2, 0.25) is 0 Å². The third-order valence-corrected chi connectivity index (χ3v) is 4.53. The summed E-state index contributed by atoms with van der Waals surface area (Å²) in [6.07, 6.45) is 2.20. The molecule has 0 spiro atoms. The van der Waals surface area contributed by atoms with Gasteiger partial charge in [0.05, 0.1) is 5.41 Å². The number of rotatable bonds is 2. The van der Waals surface area contributed by atoms with Gasteiger partial charge in [0.15, 0.2) is 5.13 Å². The molecule has 1 N–H and O–H groups in total. The Morgan fingerprint density at radius 1 is 1.67 bits per heavy atom. The predicted molar refractivity (Wildman–Crippen MR) is 62.6 cm³/mol. The van der Waals surface area contributed by atoms with E-state index >= 15 is 0 Å². The van der Waals surface area contributed by atoms with Gasteiger partial charge in [-0.15, -0.1) is 34.5 Å². The summed E-state index contributed by atoms with van der Waals surface area (Å²) >= 11 is 13.2. The van der Waals surface area contributed by atoms with Crippen molar-refractivity contribution in [3.8, 4) is 0 Å². The van der Waals surface area contributed by atoms with E-state index in [2.05, 4.69) is 10.3 Å². The fourth-order valence-corrected chi connectivity index (χ4v) is 2.66. The molecule has 1 aliphatic carbocycles. The fourth-order valence-electron chi connectivity index (χ4n) is 1.29. The number of hydrogen-bond acceptors (Lipinski definition) is 3. The van der Waals surface area contributed by atoms with Gasteiger partial charge in [-0.05, 0) is 20.3 Å². The van der Waals surface area contributed by atoms with E-state index in [1.807, 2.05) is 6.92 Å². The van der Waals surface area contributed by atoms with E-state index in [4.69, 9.17) is 23.2 Å². The Hall–Kier alpha value is -0.320. The van der Waals surface area contributed by atoms with Crippen LogP contribution in [0.5, 0.6) is 0 Å². The summed E-state index contributed by atoms with van der Waals surface area (Å²) in [5, 5.41) is 3.31. The van der Waals surface area contributed by atoms with E-state index in [-0.39, 0.29) is 5.91 Å². The van der Waals surface area contributed by atoms with E-state index in [0.29, 0.717) is 11.6 Å². The summed E-state index contributed by atoms with van der Waals surface area (Å²) in [6.45, 7) is 3.68. The molecule has 0 radical (unpaired) electrons. The largest absolute Gasteiger partial charge is 0.301 e. The van der Waals surface area contributed by atoms with Crippen molar-refractivity contribution in [3.63, 3.8) is 0 Å². The van der Waals surface area contributed by atoms with E-state index in [1.165, 1.54) is 11.3 Å². The van der Waals surface area contributed by atoms with Crippen LogP contribution in [0.3, 0.4) is 0 Å². The van der Waals surface area contributed by atoms with Crippen molar-refractivity contribution in [1.82, 2.24) is 4.98 Å². The van der Waals surface area contributed by atoms with Crippen LogP contribution in [0.15, 0.2) is 6.20 Å². The van der Waals surface area contributed by atoms with Gasteiger partial charge in [0.2, 0.25) is 5.91 Å². The minimum absolute atomic E-state index is 0.165. The number of anilines is 1. The van der Waals surface area contributed by atoms with Gasteiger partial charge in [-0.25, -0.2) is 4.98 Å². The van der Waals surface area contributed by atoms with Gasteiger partial charge in [-0.2, -0.15) is 0 Å². The first-order valence-electron chi connectivity index (χ1n) is 4.47. The maximum atomic E-state index is 11.8. The predicted octanol–water partition coefficient (Wildman–Crippen LogP) is 2.97. The minimum Gasteiger partial charge on any atom is -0.301 e. The molecule has 82 valence electrons. The summed E-state index contributed by atoms with van der Waals surface area (Å²) in [7, 11) is 0. The summed E-state index contributed by atoms with van der Waals surface area (Å²) in [5.74, 6) is -0.165. The van der Waals surface area contributed by atoms with Crippen LogP contribution in [-0.4, -0.2) is 15.2 Å². The van der Waals surface area contributed by atoms with Gasteiger partial charge < -0.3 is 5.32 Å². The highest BCUT2D eigenvalue weighted by Gasteiger charge is 2.68. The topological polar surface area (TPSA) is 42.0 Å². The quantitative estimate of drug-likeness (QED) is 0.835. The molecular weight excluding hydrogens is 255 g/mol. The zero-order valence-electron chi connectivity index (χ0n) is 8.30. The molecule has 1 fully saturated rings. The average molecular weight is 265 g/mol. The van der Waals surface area contributed by atoms with Crippen molar-refractivity contribution in [2.24, 2.45) is 5.41 Å². The summed E-state index contributed by atoms with van der Waals surface area (Å²) in [4.78, 5) is 16.9. The van der Waals surface area contributed by atoms with Gasteiger partial charge >= 0.3 is 0 Å².